The number of fused-ring (bicyclic) bond motifs is 1. The Labute approximate surface area is 83.2 Å². The van der Waals surface area contributed by atoms with Gasteiger partial charge >= 0.3 is 0 Å². The number of pyridine rings is 1. The van der Waals surface area contributed by atoms with Gasteiger partial charge in [-0.15, -0.1) is 0 Å². The average Bonchev–Trinajstić information content (AvgIpc) is 2.18. The molecule has 1 aromatic carbocycles. The Morgan fingerprint density at radius 2 is 2.07 bits per heavy atom. The first kappa shape index (κ1) is 9.16. The topological polar surface area (TPSA) is 33.1 Å². The molecule has 0 aliphatic heterocycles. The summed E-state index contributed by atoms with van der Waals surface area (Å²) in [6.45, 7) is 2.23. The Bertz CT molecular complexity index is 451. The van der Waals surface area contributed by atoms with Crippen molar-refractivity contribution < 1.29 is 5.11 Å². The lowest BCUT2D eigenvalue weighted by atomic mass is 10.1. The van der Waals surface area contributed by atoms with Crippen LogP contribution in [0.15, 0.2) is 30.3 Å². The van der Waals surface area contributed by atoms with E-state index in [1.807, 2.05) is 24.3 Å². The van der Waals surface area contributed by atoms with Crippen LogP contribution >= 0.6 is 0 Å². The number of hydrogen-bond acceptors (Lipinski definition) is 2. The number of aliphatic hydroxyl groups is 1. The molecule has 0 saturated heterocycles. The third-order valence-electron chi connectivity index (χ3n) is 2.34. The van der Waals surface area contributed by atoms with E-state index in [9.17, 15) is 0 Å². The molecule has 0 bridgehead atoms. The van der Waals surface area contributed by atoms with E-state index in [2.05, 4.69) is 18.0 Å². The van der Waals surface area contributed by atoms with Gasteiger partial charge in [0.1, 0.15) is 0 Å². The van der Waals surface area contributed by atoms with Crippen molar-refractivity contribution in [2.75, 3.05) is 6.61 Å². The number of hydrogen-bond donors (Lipinski definition) is 1. The summed E-state index contributed by atoms with van der Waals surface area (Å²) in [6.07, 6.45) is 0.631. The first-order valence-electron chi connectivity index (χ1n) is 4.77. The van der Waals surface area contributed by atoms with Gasteiger partial charge in [0.25, 0.3) is 0 Å². The molecule has 14 heavy (non-hydrogen) atoms. The summed E-state index contributed by atoms with van der Waals surface area (Å²) >= 11 is 0. The zero-order valence-electron chi connectivity index (χ0n) is 8.20. The molecule has 2 aromatic rings. The Morgan fingerprint density at radius 1 is 1.29 bits per heavy atom. The van der Waals surface area contributed by atoms with Crippen molar-refractivity contribution in [1.29, 1.82) is 0 Å². The highest BCUT2D eigenvalue weighted by Gasteiger charge is 2.00. The average molecular weight is 187 g/mol. The van der Waals surface area contributed by atoms with Crippen molar-refractivity contribution in [2.45, 2.75) is 13.3 Å². The molecule has 1 N–H and O–H groups in total. The molecule has 0 fully saturated rings. The molecule has 0 amide bonds. The third kappa shape index (κ3) is 1.61. The Hall–Kier alpha value is -1.41. The summed E-state index contributed by atoms with van der Waals surface area (Å²) in [4.78, 5) is 4.47. The summed E-state index contributed by atoms with van der Waals surface area (Å²) in [7, 11) is 0. The minimum Gasteiger partial charge on any atom is -0.396 e. The Morgan fingerprint density at radius 3 is 2.86 bits per heavy atom. The van der Waals surface area contributed by atoms with Gasteiger partial charge in [-0.25, -0.2) is 0 Å². The van der Waals surface area contributed by atoms with Gasteiger partial charge in [0.15, 0.2) is 0 Å². The molecule has 1 aromatic heterocycles. The zero-order valence-corrected chi connectivity index (χ0v) is 8.20. The van der Waals surface area contributed by atoms with Crippen LogP contribution in [0.4, 0.5) is 0 Å². The van der Waals surface area contributed by atoms with E-state index in [0.29, 0.717) is 6.42 Å². The van der Waals surface area contributed by atoms with E-state index in [4.69, 9.17) is 5.11 Å². The highest BCUT2D eigenvalue weighted by molar-refractivity contribution is 5.81. The second-order valence-electron chi connectivity index (χ2n) is 3.42. The molecule has 0 unspecified atom stereocenters. The highest BCUT2D eigenvalue weighted by atomic mass is 16.3. The van der Waals surface area contributed by atoms with Crippen LogP contribution in [0.25, 0.3) is 10.9 Å². The molecule has 1 heterocycles. The van der Waals surface area contributed by atoms with Crippen LogP contribution in [-0.2, 0) is 6.42 Å². The fourth-order valence-corrected chi connectivity index (χ4v) is 1.66. The SMILES string of the molecule is Cc1cc(CCO)nc2ccccc12. The van der Waals surface area contributed by atoms with Crippen molar-refractivity contribution in [3.63, 3.8) is 0 Å². The minimum absolute atomic E-state index is 0.158. The van der Waals surface area contributed by atoms with E-state index in [-0.39, 0.29) is 6.61 Å². The zero-order chi connectivity index (χ0) is 9.97. The fraction of sp³-hybridized carbons (Fsp3) is 0.250. The standard InChI is InChI=1S/C12H13NO/c1-9-8-10(6-7-14)13-12-5-3-2-4-11(9)12/h2-5,8,14H,6-7H2,1H3. The second kappa shape index (κ2) is 3.76. The predicted octanol–water partition coefficient (Wildman–Crippen LogP) is 2.08. The quantitative estimate of drug-likeness (QED) is 0.780. The van der Waals surface area contributed by atoms with Crippen molar-refractivity contribution in [2.24, 2.45) is 0 Å². The van der Waals surface area contributed by atoms with E-state index >= 15 is 0 Å². The lowest BCUT2D eigenvalue weighted by molar-refractivity contribution is 0.298. The van der Waals surface area contributed by atoms with Crippen LogP contribution in [0, 0.1) is 6.92 Å². The van der Waals surface area contributed by atoms with Gasteiger partial charge in [-0.1, -0.05) is 18.2 Å². The monoisotopic (exact) mass is 187 g/mol. The first-order valence-corrected chi connectivity index (χ1v) is 4.77. The van der Waals surface area contributed by atoms with Crippen molar-refractivity contribution in [3.05, 3.63) is 41.6 Å². The van der Waals surface area contributed by atoms with Crippen LogP contribution in [-0.4, -0.2) is 16.7 Å². The molecule has 0 aliphatic carbocycles. The Kier molecular flexibility index (Phi) is 2.46. The first-order chi connectivity index (χ1) is 6.81. The van der Waals surface area contributed by atoms with Gasteiger partial charge in [0, 0.05) is 24.1 Å². The molecule has 0 radical (unpaired) electrons. The van der Waals surface area contributed by atoms with Gasteiger partial charge in [-0.3, -0.25) is 4.98 Å². The van der Waals surface area contributed by atoms with Crippen LogP contribution in [0.5, 0.6) is 0 Å². The number of aliphatic hydroxyl groups excluding tert-OH is 1. The maximum atomic E-state index is 8.84. The molecular formula is C12H13NO. The molecule has 2 nitrogen and oxygen atoms in total. The number of aryl methyl sites for hydroxylation is 1. The summed E-state index contributed by atoms with van der Waals surface area (Å²) in [5.41, 5.74) is 3.19. The lowest BCUT2D eigenvalue weighted by Gasteiger charge is -2.04. The van der Waals surface area contributed by atoms with Gasteiger partial charge in [0.05, 0.1) is 5.52 Å². The van der Waals surface area contributed by atoms with Crippen LogP contribution in [0.3, 0.4) is 0 Å². The Balaban J connectivity index is 2.60. The van der Waals surface area contributed by atoms with Gasteiger partial charge in [-0.05, 0) is 24.6 Å². The summed E-state index contributed by atoms with van der Waals surface area (Å²) in [6, 6.07) is 10.1. The maximum absolute atomic E-state index is 8.84. The number of para-hydroxylation sites is 1. The van der Waals surface area contributed by atoms with Gasteiger partial charge < -0.3 is 5.11 Å². The number of nitrogens with zero attached hydrogens (tertiary/aromatic N) is 1. The van der Waals surface area contributed by atoms with Gasteiger partial charge in [0.2, 0.25) is 0 Å². The number of rotatable bonds is 2. The second-order valence-corrected chi connectivity index (χ2v) is 3.42. The lowest BCUT2D eigenvalue weighted by Crippen LogP contribution is -1.96. The van der Waals surface area contributed by atoms with E-state index < -0.39 is 0 Å². The molecule has 0 aliphatic rings. The fourth-order valence-electron chi connectivity index (χ4n) is 1.66. The summed E-state index contributed by atoms with van der Waals surface area (Å²) in [5.74, 6) is 0. The minimum atomic E-state index is 0.158. The summed E-state index contributed by atoms with van der Waals surface area (Å²) < 4.78 is 0. The van der Waals surface area contributed by atoms with Crippen molar-refractivity contribution in [1.82, 2.24) is 4.98 Å². The van der Waals surface area contributed by atoms with Crippen LogP contribution < -0.4 is 0 Å². The maximum Gasteiger partial charge on any atom is 0.0707 e. The molecule has 72 valence electrons. The molecular weight excluding hydrogens is 174 g/mol. The highest BCUT2D eigenvalue weighted by Crippen LogP contribution is 2.17. The molecule has 2 rings (SSSR count). The third-order valence-corrected chi connectivity index (χ3v) is 2.34. The molecule has 0 saturated carbocycles. The van der Waals surface area contributed by atoms with E-state index in [0.717, 1.165) is 11.2 Å². The van der Waals surface area contributed by atoms with E-state index in [1.54, 1.807) is 0 Å². The predicted molar refractivity (Wildman–Crippen MR) is 57.3 cm³/mol. The largest absolute Gasteiger partial charge is 0.396 e. The van der Waals surface area contributed by atoms with E-state index in [1.165, 1.54) is 10.9 Å². The van der Waals surface area contributed by atoms with Gasteiger partial charge in [-0.2, -0.15) is 0 Å². The van der Waals surface area contributed by atoms with Crippen molar-refractivity contribution in [3.8, 4) is 0 Å². The van der Waals surface area contributed by atoms with Crippen LogP contribution in [0.1, 0.15) is 11.3 Å². The van der Waals surface area contributed by atoms with Crippen molar-refractivity contribution >= 4 is 10.9 Å². The number of aromatic nitrogens is 1. The molecule has 0 atom stereocenters. The molecule has 2 heteroatoms. The normalized spacial score (nSPS) is 10.7. The number of benzene rings is 1. The molecule has 0 spiro atoms. The smallest absolute Gasteiger partial charge is 0.0707 e. The summed E-state index contributed by atoms with van der Waals surface area (Å²) in [5, 5.41) is 10.0. The van der Waals surface area contributed by atoms with Crippen LogP contribution in [0.2, 0.25) is 0 Å².